The minimum atomic E-state index is -4.23. The summed E-state index contributed by atoms with van der Waals surface area (Å²) in [7, 11) is 1.77. The van der Waals surface area contributed by atoms with Crippen LogP contribution in [0.25, 0.3) is 0 Å². The van der Waals surface area contributed by atoms with E-state index in [1.54, 1.807) is 20.0 Å². The molecule has 0 aromatic carbocycles. The number of aliphatic hydroxyl groups is 1. The van der Waals surface area contributed by atoms with Gasteiger partial charge in [-0.15, -0.1) is 0 Å². The van der Waals surface area contributed by atoms with Crippen molar-refractivity contribution in [2.75, 3.05) is 19.0 Å². The Kier molecular flexibility index (Phi) is 10.6. The van der Waals surface area contributed by atoms with Crippen molar-refractivity contribution in [2.24, 2.45) is 5.92 Å². The Bertz CT molecular complexity index is 886. The lowest BCUT2D eigenvalue weighted by Gasteiger charge is -2.16. The van der Waals surface area contributed by atoms with Gasteiger partial charge in [-0.2, -0.15) is 13.2 Å². The van der Waals surface area contributed by atoms with E-state index >= 15 is 0 Å². The summed E-state index contributed by atoms with van der Waals surface area (Å²) in [5.41, 5.74) is 2.95. The standard InChI is InChI=1S/C19H23F3N4O.C4H10O/c1-11-7-15(10-24-16(11)5-6-19(20,21)22)18(27)26-13(3)14-8-12(2)25-17(9-14)23-4;1-4(2)3-5/h7-10,13H,5-6H2,1-4H3,(H,23,25)(H,26,27);4-5H,3H2,1-2H3. The van der Waals surface area contributed by atoms with Crippen LogP contribution in [0.4, 0.5) is 19.0 Å². The Hall–Kier alpha value is -2.68. The summed E-state index contributed by atoms with van der Waals surface area (Å²) in [5, 5.41) is 14.0. The van der Waals surface area contributed by atoms with E-state index in [4.69, 9.17) is 5.11 Å². The maximum Gasteiger partial charge on any atom is 0.389 e. The van der Waals surface area contributed by atoms with E-state index in [2.05, 4.69) is 20.6 Å². The molecule has 0 saturated carbocycles. The highest BCUT2D eigenvalue weighted by Gasteiger charge is 2.27. The molecule has 32 heavy (non-hydrogen) atoms. The third kappa shape index (κ3) is 9.64. The second-order valence-electron chi connectivity index (χ2n) is 8.05. The number of hydrogen-bond donors (Lipinski definition) is 3. The molecule has 1 atom stereocenters. The average Bonchev–Trinajstić information content (AvgIpc) is 2.71. The number of nitrogens with zero attached hydrogens (tertiary/aromatic N) is 2. The molecule has 2 aromatic rings. The Labute approximate surface area is 187 Å². The van der Waals surface area contributed by atoms with E-state index in [1.807, 2.05) is 39.8 Å². The molecule has 3 N–H and O–H groups in total. The highest BCUT2D eigenvalue weighted by Crippen LogP contribution is 2.23. The average molecular weight is 455 g/mol. The van der Waals surface area contributed by atoms with Gasteiger partial charge in [0.25, 0.3) is 5.91 Å². The van der Waals surface area contributed by atoms with Crippen LogP contribution in [0.2, 0.25) is 0 Å². The second kappa shape index (κ2) is 12.4. The lowest BCUT2D eigenvalue weighted by atomic mass is 10.1. The number of carbonyl (C=O) groups excluding carboxylic acids is 1. The fourth-order valence-corrected chi connectivity index (χ4v) is 2.69. The summed E-state index contributed by atoms with van der Waals surface area (Å²) in [6.45, 7) is 9.63. The quantitative estimate of drug-likeness (QED) is 0.562. The van der Waals surface area contributed by atoms with Crippen LogP contribution in [0.5, 0.6) is 0 Å². The Morgan fingerprint density at radius 3 is 2.28 bits per heavy atom. The van der Waals surface area contributed by atoms with Crippen LogP contribution in [0.15, 0.2) is 24.4 Å². The van der Waals surface area contributed by atoms with Crippen LogP contribution in [0.1, 0.15) is 66.1 Å². The van der Waals surface area contributed by atoms with Crippen molar-refractivity contribution in [1.29, 1.82) is 0 Å². The number of alkyl halides is 3. The van der Waals surface area contributed by atoms with Crippen LogP contribution < -0.4 is 10.6 Å². The van der Waals surface area contributed by atoms with E-state index in [-0.39, 0.29) is 18.4 Å². The third-order valence-corrected chi connectivity index (χ3v) is 4.54. The number of aromatic nitrogens is 2. The fourth-order valence-electron chi connectivity index (χ4n) is 2.69. The van der Waals surface area contributed by atoms with Crippen molar-refractivity contribution < 1.29 is 23.1 Å². The van der Waals surface area contributed by atoms with Crippen molar-refractivity contribution in [3.63, 3.8) is 0 Å². The van der Waals surface area contributed by atoms with Crippen molar-refractivity contribution >= 4 is 11.7 Å². The molecule has 0 aliphatic carbocycles. The Morgan fingerprint density at radius 2 is 1.78 bits per heavy atom. The van der Waals surface area contributed by atoms with Gasteiger partial charge in [-0.25, -0.2) is 4.98 Å². The van der Waals surface area contributed by atoms with Crippen molar-refractivity contribution in [1.82, 2.24) is 15.3 Å². The van der Waals surface area contributed by atoms with Crippen LogP contribution in [-0.4, -0.2) is 40.8 Å². The van der Waals surface area contributed by atoms with E-state index < -0.39 is 12.6 Å². The highest BCUT2D eigenvalue weighted by molar-refractivity contribution is 5.94. The number of hydrogen-bond acceptors (Lipinski definition) is 5. The number of anilines is 1. The third-order valence-electron chi connectivity index (χ3n) is 4.54. The normalized spacial score (nSPS) is 12.1. The molecule has 0 aliphatic heterocycles. The van der Waals surface area contributed by atoms with E-state index in [1.165, 1.54) is 6.20 Å². The van der Waals surface area contributed by atoms with Crippen LogP contribution in [-0.2, 0) is 6.42 Å². The summed E-state index contributed by atoms with van der Waals surface area (Å²) >= 11 is 0. The van der Waals surface area contributed by atoms with Crippen molar-refractivity contribution in [3.05, 3.63) is 52.5 Å². The lowest BCUT2D eigenvalue weighted by molar-refractivity contribution is -0.134. The fraction of sp³-hybridized carbons (Fsp3) is 0.522. The molecule has 0 fully saturated rings. The molecule has 0 saturated heterocycles. The van der Waals surface area contributed by atoms with Gasteiger partial charge >= 0.3 is 6.18 Å². The molecule has 2 rings (SSSR count). The lowest BCUT2D eigenvalue weighted by Crippen LogP contribution is -2.27. The molecule has 2 heterocycles. The summed E-state index contributed by atoms with van der Waals surface area (Å²) < 4.78 is 37.1. The van der Waals surface area contributed by atoms with Gasteiger partial charge in [0.15, 0.2) is 0 Å². The first-order valence-electron chi connectivity index (χ1n) is 10.5. The van der Waals surface area contributed by atoms with Gasteiger partial charge in [0.2, 0.25) is 0 Å². The number of aliphatic hydroxyl groups excluding tert-OH is 1. The first kappa shape index (κ1) is 27.4. The second-order valence-corrected chi connectivity index (χ2v) is 8.05. The number of nitrogens with one attached hydrogen (secondary N) is 2. The molecule has 2 aromatic heterocycles. The molecule has 0 radical (unpaired) electrons. The molecule has 0 bridgehead atoms. The zero-order chi connectivity index (χ0) is 24.5. The molecule has 6 nitrogen and oxygen atoms in total. The molecular weight excluding hydrogens is 421 g/mol. The van der Waals surface area contributed by atoms with E-state index in [0.29, 0.717) is 35.2 Å². The number of carbonyl (C=O) groups is 1. The predicted octanol–water partition coefficient (Wildman–Crippen LogP) is 4.76. The molecule has 0 spiro atoms. The Morgan fingerprint density at radius 1 is 1.16 bits per heavy atom. The first-order chi connectivity index (χ1) is 14.9. The van der Waals surface area contributed by atoms with Crippen LogP contribution >= 0.6 is 0 Å². The maximum absolute atomic E-state index is 12.5. The topological polar surface area (TPSA) is 87.1 Å². The zero-order valence-corrected chi connectivity index (χ0v) is 19.5. The molecule has 9 heteroatoms. The Balaban J connectivity index is 0.000000920. The molecular formula is C23H33F3N4O2. The predicted molar refractivity (Wildman–Crippen MR) is 120 cm³/mol. The summed E-state index contributed by atoms with van der Waals surface area (Å²) in [6, 6.07) is 5.03. The van der Waals surface area contributed by atoms with Gasteiger partial charge in [-0.1, -0.05) is 13.8 Å². The summed E-state index contributed by atoms with van der Waals surface area (Å²) in [4.78, 5) is 20.8. The smallest absolute Gasteiger partial charge is 0.389 e. The molecule has 1 amide bonds. The maximum atomic E-state index is 12.5. The highest BCUT2D eigenvalue weighted by atomic mass is 19.4. The number of halogens is 3. The number of rotatable bonds is 7. The number of aryl methyl sites for hydroxylation is 3. The molecule has 1 unspecified atom stereocenters. The monoisotopic (exact) mass is 454 g/mol. The first-order valence-corrected chi connectivity index (χ1v) is 10.5. The van der Waals surface area contributed by atoms with Crippen LogP contribution in [0.3, 0.4) is 0 Å². The minimum Gasteiger partial charge on any atom is -0.396 e. The largest absolute Gasteiger partial charge is 0.396 e. The van der Waals surface area contributed by atoms with E-state index in [9.17, 15) is 18.0 Å². The summed E-state index contributed by atoms with van der Waals surface area (Å²) in [5.74, 6) is 0.813. The van der Waals surface area contributed by atoms with Gasteiger partial charge in [0.05, 0.1) is 11.6 Å². The zero-order valence-electron chi connectivity index (χ0n) is 19.5. The summed E-state index contributed by atoms with van der Waals surface area (Å²) in [6.07, 6.45) is -4.04. The number of amides is 1. The van der Waals surface area contributed by atoms with Crippen molar-refractivity contribution in [3.8, 4) is 0 Å². The molecule has 0 aliphatic rings. The minimum absolute atomic E-state index is 0.198. The van der Waals surface area contributed by atoms with Crippen molar-refractivity contribution in [2.45, 2.75) is 59.7 Å². The van der Waals surface area contributed by atoms with E-state index in [0.717, 1.165) is 11.3 Å². The molecule has 178 valence electrons. The number of pyridine rings is 2. The van der Waals surface area contributed by atoms with Gasteiger partial charge < -0.3 is 15.7 Å². The van der Waals surface area contributed by atoms with Gasteiger partial charge in [0, 0.05) is 37.7 Å². The van der Waals surface area contributed by atoms with Crippen LogP contribution in [0, 0.1) is 19.8 Å². The van der Waals surface area contributed by atoms with Gasteiger partial charge in [0.1, 0.15) is 5.82 Å². The SMILES string of the molecule is CC(C)CO.CNc1cc(C(C)NC(=O)c2cnc(CCC(F)(F)F)c(C)c2)cc(C)n1. The van der Waals surface area contributed by atoms with Gasteiger partial charge in [-0.3, -0.25) is 9.78 Å². The van der Waals surface area contributed by atoms with Gasteiger partial charge in [-0.05, 0) is 62.4 Å².